The van der Waals surface area contributed by atoms with Gasteiger partial charge in [0, 0.05) is 19.0 Å². The van der Waals surface area contributed by atoms with Crippen molar-refractivity contribution in [3.05, 3.63) is 0 Å². The molecule has 0 aromatic carbocycles. The van der Waals surface area contributed by atoms with Crippen molar-refractivity contribution in [1.82, 2.24) is 10.6 Å². The van der Waals surface area contributed by atoms with Crippen LogP contribution in [0.3, 0.4) is 0 Å². The Hall–Kier alpha value is -1.79. The Morgan fingerprint density at radius 3 is 2.57 bits per heavy atom. The number of carbonyl (C=O) groups is 3. The van der Waals surface area contributed by atoms with Crippen molar-refractivity contribution in [2.45, 2.75) is 39.2 Å². The number of methoxy groups -OCH3 is 1. The molecule has 7 heteroatoms. The zero-order chi connectivity index (χ0) is 16.0. The molecule has 1 rings (SSSR count). The lowest BCUT2D eigenvalue weighted by Crippen LogP contribution is -2.38. The summed E-state index contributed by atoms with van der Waals surface area (Å²) in [4.78, 5) is 34.9. The molecule has 0 aromatic rings. The van der Waals surface area contributed by atoms with Crippen LogP contribution in [0.1, 0.15) is 33.6 Å². The van der Waals surface area contributed by atoms with Gasteiger partial charge in [0.25, 0.3) is 0 Å². The van der Waals surface area contributed by atoms with Crippen LogP contribution in [0.25, 0.3) is 0 Å². The summed E-state index contributed by atoms with van der Waals surface area (Å²) in [6.45, 7) is 5.98. The molecular formula is C14H24N2O5. The maximum atomic E-state index is 11.8. The number of ether oxygens (including phenoxy) is 2. The van der Waals surface area contributed by atoms with E-state index in [2.05, 4.69) is 10.6 Å². The van der Waals surface area contributed by atoms with E-state index < -0.39 is 23.6 Å². The lowest BCUT2D eigenvalue weighted by molar-refractivity contribution is -0.146. The minimum absolute atomic E-state index is 0.0545. The smallest absolute Gasteiger partial charge is 0.407 e. The van der Waals surface area contributed by atoms with Gasteiger partial charge >= 0.3 is 12.1 Å². The first-order chi connectivity index (χ1) is 9.73. The number of rotatable bonds is 5. The Morgan fingerprint density at radius 2 is 2.10 bits per heavy atom. The van der Waals surface area contributed by atoms with E-state index in [-0.39, 0.29) is 18.4 Å². The van der Waals surface area contributed by atoms with Gasteiger partial charge in [-0.25, -0.2) is 4.79 Å². The second-order valence-corrected chi connectivity index (χ2v) is 6.12. The van der Waals surface area contributed by atoms with Crippen molar-refractivity contribution < 1.29 is 23.9 Å². The van der Waals surface area contributed by atoms with Gasteiger partial charge in [-0.05, 0) is 33.6 Å². The Bertz CT molecular complexity index is 403. The van der Waals surface area contributed by atoms with Crippen LogP contribution in [-0.4, -0.2) is 43.8 Å². The zero-order valence-corrected chi connectivity index (χ0v) is 13.0. The van der Waals surface area contributed by atoms with E-state index in [0.717, 1.165) is 0 Å². The van der Waals surface area contributed by atoms with E-state index >= 15 is 0 Å². The van der Waals surface area contributed by atoms with Crippen molar-refractivity contribution in [3.8, 4) is 0 Å². The Kier molecular flexibility index (Phi) is 5.99. The van der Waals surface area contributed by atoms with Gasteiger partial charge in [0.1, 0.15) is 5.60 Å². The van der Waals surface area contributed by atoms with Crippen LogP contribution < -0.4 is 10.6 Å². The van der Waals surface area contributed by atoms with Gasteiger partial charge in [0.2, 0.25) is 5.91 Å². The standard InChI is InChI=1S/C14H24N2O5/c1-14(2,3)21-13(19)16-8-10(12(18)20-4)7-9-5-6-15-11(9)17/h9-10H,5-8H2,1-4H3,(H,15,17)(H,16,19). The summed E-state index contributed by atoms with van der Waals surface area (Å²) in [6, 6.07) is 0. The number of amides is 2. The quantitative estimate of drug-likeness (QED) is 0.733. The van der Waals surface area contributed by atoms with Crippen LogP contribution in [0.4, 0.5) is 4.79 Å². The molecule has 1 fully saturated rings. The fourth-order valence-electron chi connectivity index (χ4n) is 2.16. The average Bonchev–Trinajstić information content (AvgIpc) is 2.77. The fourth-order valence-corrected chi connectivity index (χ4v) is 2.16. The molecule has 7 nitrogen and oxygen atoms in total. The van der Waals surface area contributed by atoms with Gasteiger partial charge in [-0.3, -0.25) is 9.59 Å². The largest absolute Gasteiger partial charge is 0.469 e. The van der Waals surface area contributed by atoms with Crippen molar-refractivity contribution in [2.75, 3.05) is 20.2 Å². The minimum Gasteiger partial charge on any atom is -0.469 e. The molecule has 0 spiro atoms. The zero-order valence-electron chi connectivity index (χ0n) is 13.0. The van der Waals surface area contributed by atoms with Gasteiger partial charge in [-0.2, -0.15) is 0 Å². The van der Waals surface area contributed by atoms with Gasteiger partial charge in [-0.15, -0.1) is 0 Å². The Balaban J connectivity index is 2.52. The van der Waals surface area contributed by atoms with Crippen molar-refractivity contribution in [1.29, 1.82) is 0 Å². The maximum Gasteiger partial charge on any atom is 0.407 e. The monoisotopic (exact) mass is 300 g/mol. The summed E-state index contributed by atoms with van der Waals surface area (Å²) < 4.78 is 9.84. The predicted octanol–water partition coefficient (Wildman–Crippen LogP) is 0.826. The molecule has 0 saturated carbocycles. The number of hydrogen-bond acceptors (Lipinski definition) is 5. The van der Waals surface area contributed by atoms with Crippen LogP contribution in [0.15, 0.2) is 0 Å². The molecule has 2 unspecified atom stereocenters. The van der Waals surface area contributed by atoms with E-state index in [1.165, 1.54) is 7.11 Å². The molecule has 0 bridgehead atoms. The number of alkyl carbamates (subject to hydrolysis) is 1. The summed E-state index contributed by atoms with van der Waals surface area (Å²) >= 11 is 0. The van der Waals surface area contributed by atoms with E-state index in [1.54, 1.807) is 20.8 Å². The lowest BCUT2D eigenvalue weighted by atomic mass is 9.93. The van der Waals surface area contributed by atoms with Gasteiger partial charge in [0.15, 0.2) is 0 Å². The van der Waals surface area contributed by atoms with E-state index in [9.17, 15) is 14.4 Å². The van der Waals surface area contributed by atoms with Crippen molar-refractivity contribution in [2.24, 2.45) is 11.8 Å². The summed E-state index contributed by atoms with van der Waals surface area (Å²) in [5.41, 5.74) is -0.601. The summed E-state index contributed by atoms with van der Waals surface area (Å²) in [6.07, 6.45) is 0.458. The molecule has 2 atom stereocenters. The minimum atomic E-state index is -0.601. The van der Waals surface area contributed by atoms with Gasteiger partial charge in [0.05, 0.1) is 13.0 Å². The first kappa shape index (κ1) is 17.3. The van der Waals surface area contributed by atoms with Crippen LogP contribution >= 0.6 is 0 Å². The highest BCUT2D eigenvalue weighted by atomic mass is 16.6. The molecule has 1 heterocycles. The third-order valence-corrected chi connectivity index (χ3v) is 3.16. The molecule has 120 valence electrons. The van der Waals surface area contributed by atoms with Crippen LogP contribution in [0, 0.1) is 11.8 Å². The van der Waals surface area contributed by atoms with Gasteiger partial charge < -0.3 is 20.1 Å². The van der Waals surface area contributed by atoms with Crippen molar-refractivity contribution in [3.63, 3.8) is 0 Å². The molecule has 1 aliphatic heterocycles. The number of nitrogens with one attached hydrogen (secondary N) is 2. The SMILES string of the molecule is COC(=O)C(CNC(=O)OC(C)(C)C)CC1CCNC1=O. The number of hydrogen-bond donors (Lipinski definition) is 2. The molecular weight excluding hydrogens is 276 g/mol. The molecule has 0 aromatic heterocycles. The Labute approximate surface area is 124 Å². The second-order valence-electron chi connectivity index (χ2n) is 6.12. The van der Waals surface area contributed by atoms with E-state index in [4.69, 9.17) is 9.47 Å². The summed E-state index contributed by atoms with van der Waals surface area (Å²) in [7, 11) is 1.29. The lowest BCUT2D eigenvalue weighted by Gasteiger charge is -2.22. The second kappa shape index (κ2) is 7.28. The average molecular weight is 300 g/mol. The van der Waals surface area contributed by atoms with Gasteiger partial charge in [-0.1, -0.05) is 0 Å². The van der Waals surface area contributed by atoms with Crippen LogP contribution in [0.5, 0.6) is 0 Å². The maximum absolute atomic E-state index is 11.8. The van der Waals surface area contributed by atoms with E-state index in [0.29, 0.717) is 19.4 Å². The first-order valence-corrected chi connectivity index (χ1v) is 7.05. The Morgan fingerprint density at radius 1 is 1.43 bits per heavy atom. The summed E-state index contributed by atoms with van der Waals surface area (Å²) in [5, 5.41) is 5.27. The molecule has 0 aliphatic carbocycles. The third-order valence-electron chi connectivity index (χ3n) is 3.16. The molecule has 1 saturated heterocycles. The number of carbonyl (C=O) groups excluding carboxylic acids is 3. The predicted molar refractivity (Wildman–Crippen MR) is 75.5 cm³/mol. The van der Waals surface area contributed by atoms with E-state index in [1.807, 2.05) is 0 Å². The normalized spacial score (nSPS) is 19.6. The fraction of sp³-hybridized carbons (Fsp3) is 0.786. The topological polar surface area (TPSA) is 93.7 Å². The van der Waals surface area contributed by atoms with Crippen LogP contribution in [0.2, 0.25) is 0 Å². The highest BCUT2D eigenvalue weighted by Gasteiger charge is 2.31. The molecule has 0 radical (unpaired) electrons. The first-order valence-electron chi connectivity index (χ1n) is 7.05. The van der Waals surface area contributed by atoms with Crippen molar-refractivity contribution >= 4 is 18.0 Å². The molecule has 1 aliphatic rings. The highest BCUT2D eigenvalue weighted by Crippen LogP contribution is 2.20. The highest BCUT2D eigenvalue weighted by molar-refractivity contribution is 5.82. The summed E-state index contributed by atoms with van der Waals surface area (Å²) in [5.74, 6) is -1.27. The number of esters is 1. The van der Waals surface area contributed by atoms with Crippen LogP contribution in [-0.2, 0) is 19.1 Å². The molecule has 21 heavy (non-hydrogen) atoms. The molecule has 2 amide bonds. The third kappa shape index (κ3) is 6.01. The molecule has 2 N–H and O–H groups in total.